The third-order valence-electron chi connectivity index (χ3n) is 2.09. The smallest absolute Gasteiger partial charge is 0.343 e. The molecule has 1 heterocycles. The van der Waals surface area contributed by atoms with E-state index in [9.17, 15) is 14.9 Å². The van der Waals surface area contributed by atoms with E-state index in [0.717, 1.165) is 11.8 Å². The van der Waals surface area contributed by atoms with Crippen molar-refractivity contribution in [2.45, 2.75) is 18.4 Å². The number of carbonyl (C=O) groups excluding carboxylic acids is 1. The highest BCUT2D eigenvalue weighted by molar-refractivity contribution is 7.99. The van der Waals surface area contributed by atoms with Gasteiger partial charge in [0, 0.05) is 12.3 Å². The first-order valence-corrected chi connectivity index (χ1v) is 6.51. The summed E-state index contributed by atoms with van der Waals surface area (Å²) in [4.78, 5) is 29.2. The van der Waals surface area contributed by atoms with Gasteiger partial charge in [-0.2, -0.15) is 0 Å². The number of aromatic nitrogens is 2. The summed E-state index contributed by atoms with van der Waals surface area (Å²) in [5.74, 6) is 0.176. The molecule has 0 aliphatic rings. The van der Waals surface area contributed by atoms with Crippen molar-refractivity contribution >= 4 is 29.2 Å². The predicted molar refractivity (Wildman–Crippen MR) is 70.2 cm³/mol. The molecule has 0 aliphatic heterocycles. The van der Waals surface area contributed by atoms with Crippen LogP contribution in [-0.4, -0.2) is 40.3 Å². The van der Waals surface area contributed by atoms with Gasteiger partial charge in [-0.25, -0.2) is 9.97 Å². The molecular formula is C10H14N4O4S. The lowest BCUT2D eigenvalue weighted by atomic mass is 10.4. The van der Waals surface area contributed by atoms with Gasteiger partial charge in [-0.3, -0.25) is 14.9 Å². The molecule has 0 bridgehead atoms. The van der Waals surface area contributed by atoms with E-state index in [1.165, 1.54) is 13.4 Å². The van der Waals surface area contributed by atoms with Crippen molar-refractivity contribution in [1.82, 2.24) is 9.97 Å². The SMILES string of the molecule is CCNc1ncnc(SCCC(=O)OC)c1[N+](=O)[O-]. The molecule has 0 saturated heterocycles. The van der Waals surface area contributed by atoms with Gasteiger partial charge < -0.3 is 10.1 Å². The molecule has 0 atom stereocenters. The van der Waals surface area contributed by atoms with Gasteiger partial charge in [0.2, 0.25) is 5.82 Å². The van der Waals surface area contributed by atoms with Gasteiger partial charge in [-0.05, 0) is 6.92 Å². The standard InChI is InChI=1S/C10H14N4O4S/c1-3-11-9-8(14(16)17)10(13-6-12-9)19-5-4-7(15)18-2/h6H,3-5H2,1-2H3,(H,11,12,13). The van der Waals surface area contributed by atoms with Crippen LogP contribution in [0, 0.1) is 10.1 Å². The van der Waals surface area contributed by atoms with Crippen molar-refractivity contribution in [2.24, 2.45) is 0 Å². The summed E-state index contributed by atoms with van der Waals surface area (Å²) < 4.78 is 4.50. The van der Waals surface area contributed by atoms with Crippen molar-refractivity contribution in [2.75, 3.05) is 24.7 Å². The molecule has 0 amide bonds. The minimum atomic E-state index is -0.529. The Morgan fingerprint density at radius 3 is 2.89 bits per heavy atom. The number of rotatable bonds is 7. The van der Waals surface area contributed by atoms with Gasteiger partial charge in [-0.1, -0.05) is 11.8 Å². The van der Waals surface area contributed by atoms with Crippen LogP contribution < -0.4 is 5.32 Å². The molecule has 104 valence electrons. The van der Waals surface area contributed by atoms with E-state index >= 15 is 0 Å². The third-order valence-corrected chi connectivity index (χ3v) is 3.07. The minimum absolute atomic E-state index is 0.166. The first kappa shape index (κ1) is 15.2. The van der Waals surface area contributed by atoms with Crippen LogP contribution in [0.3, 0.4) is 0 Å². The highest BCUT2D eigenvalue weighted by Gasteiger charge is 2.22. The van der Waals surface area contributed by atoms with Gasteiger partial charge >= 0.3 is 11.7 Å². The van der Waals surface area contributed by atoms with Crippen LogP contribution in [0.4, 0.5) is 11.5 Å². The Bertz CT molecular complexity index is 469. The van der Waals surface area contributed by atoms with Crippen molar-refractivity contribution in [1.29, 1.82) is 0 Å². The second-order valence-electron chi connectivity index (χ2n) is 3.34. The Balaban J connectivity index is 2.84. The number of ether oxygens (including phenoxy) is 1. The zero-order valence-corrected chi connectivity index (χ0v) is 11.4. The first-order chi connectivity index (χ1) is 9.10. The van der Waals surface area contributed by atoms with Gasteiger partial charge in [0.25, 0.3) is 0 Å². The quantitative estimate of drug-likeness (QED) is 0.264. The number of hydrogen-bond donors (Lipinski definition) is 1. The first-order valence-electron chi connectivity index (χ1n) is 5.53. The maximum Gasteiger partial charge on any atom is 0.343 e. The summed E-state index contributed by atoms with van der Waals surface area (Å²) >= 11 is 1.13. The Hall–Kier alpha value is -1.90. The summed E-state index contributed by atoms with van der Waals surface area (Å²) in [6, 6.07) is 0. The topological polar surface area (TPSA) is 107 Å². The van der Waals surface area contributed by atoms with Crippen LogP contribution >= 0.6 is 11.8 Å². The summed E-state index contributed by atoms with van der Waals surface area (Å²) in [5, 5.41) is 14.1. The molecule has 9 heteroatoms. The fraction of sp³-hybridized carbons (Fsp3) is 0.500. The summed E-state index contributed by atoms with van der Waals surface area (Å²) in [6.45, 7) is 2.33. The number of nitro groups is 1. The van der Waals surface area contributed by atoms with Crippen LogP contribution in [0.1, 0.15) is 13.3 Å². The molecule has 0 fully saturated rings. The number of nitrogens with zero attached hydrogens (tertiary/aromatic N) is 3. The summed E-state index contributed by atoms with van der Waals surface area (Å²) in [5.41, 5.74) is -0.167. The molecule has 0 aromatic carbocycles. The lowest BCUT2D eigenvalue weighted by Crippen LogP contribution is -2.06. The fourth-order valence-corrected chi connectivity index (χ4v) is 2.15. The molecule has 0 spiro atoms. The van der Waals surface area contributed by atoms with Crippen LogP contribution in [0.15, 0.2) is 11.4 Å². The highest BCUT2D eigenvalue weighted by Crippen LogP contribution is 2.32. The molecule has 0 unspecified atom stereocenters. The maximum absolute atomic E-state index is 11.1. The number of hydrogen-bond acceptors (Lipinski definition) is 8. The number of anilines is 1. The normalized spacial score (nSPS) is 10.0. The molecule has 0 aliphatic carbocycles. The van der Waals surface area contributed by atoms with E-state index in [1.54, 1.807) is 0 Å². The van der Waals surface area contributed by atoms with Gasteiger partial charge in [0.15, 0.2) is 5.03 Å². The van der Waals surface area contributed by atoms with Crippen LogP contribution in [0.5, 0.6) is 0 Å². The van der Waals surface area contributed by atoms with E-state index in [2.05, 4.69) is 20.0 Å². The fourth-order valence-electron chi connectivity index (χ4n) is 1.26. The molecule has 0 saturated carbocycles. The number of esters is 1. The highest BCUT2D eigenvalue weighted by atomic mass is 32.2. The molecule has 19 heavy (non-hydrogen) atoms. The number of methoxy groups -OCH3 is 1. The Labute approximate surface area is 114 Å². The monoisotopic (exact) mass is 286 g/mol. The maximum atomic E-state index is 11.1. The Morgan fingerprint density at radius 2 is 2.32 bits per heavy atom. The number of nitrogens with one attached hydrogen (secondary N) is 1. The number of thioether (sulfide) groups is 1. The lowest BCUT2D eigenvalue weighted by Gasteiger charge is -2.06. The van der Waals surface area contributed by atoms with Crippen molar-refractivity contribution in [3.63, 3.8) is 0 Å². The molecular weight excluding hydrogens is 272 g/mol. The molecule has 8 nitrogen and oxygen atoms in total. The summed E-state index contributed by atoms with van der Waals surface area (Å²) in [7, 11) is 1.30. The second-order valence-corrected chi connectivity index (χ2v) is 4.42. The summed E-state index contributed by atoms with van der Waals surface area (Å²) in [6.07, 6.45) is 1.42. The van der Waals surface area contributed by atoms with Crippen molar-refractivity contribution in [3.8, 4) is 0 Å². The zero-order chi connectivity index (χ0) is 14.3. The van der Waals surface area contributed by atoms with Gasteiger partial charge in [0.1, 0.15) is 6.33 Å². The minimum Gasteiger partial charge on any atom is -0.469 e. The van der Waals surface area contributed by atoms with E-state index in [-0.39, 0.29) is 28.9 Å². The Kier molecular flexibility index (Phi) is 6.00. The van der Waals surface area contributed by atoms with E-state index in [4.69, 9.17) is 0 Å². The zero-order valence-electron chi connectivity index (χ0n) is 10.6. The van der Waals surface area contributed by atoms with Crippen molar-refractivity contribution < 1.29 is 14.5 Å². The molecule has 1 rings (SSSR count). The van der Waals surface area contributed by atoms with E-state index in [1.807, 2.05) is 6.92 Å². The molecule has 1 aromatic heterocycles. The van der Waals surface area contributed by atoms with Crippen LogP contribution in [-0.2, 0) is 9.53 Å². The van der Waals surface area contributed by atoms with Gasteiger partial charge in [-0.15, -0.1) is 0 Å². The Morgan fingerprint density at radius 1 is 1.58 bits per heavy atom. The van der Waals surface area contributed by atoms with Crippen LogP contribution in [0.25, 0.3) is 0 Å². The van der Waals surface area contributed by atoms with E-state index in [0.29, 0.717) is 12.3 Å². The van der Waals surface area contributed by atoms with Crippen LogP contribution in [0.2, 0.25) is 0 Å². The largest absolute Gasteiger partial charge is 0.469 e. The molecule has 1 N–H and O–H groups in total. The second kappa shape index (κ2) is 7.52. The number of carbonyl (C=O) groups is 1. The molecule has 0 radical (unpaired) electrons. The average Bonchev–Trinajstić information content (AvgIpc) is 2.38. The predicted octanol–water partition coefficient (Wildman–Crippen LogP) is 1.47. The van der Waals surface area contributed by atoms with E-state index < -0.39 is 4.92 Å². The average molecular weight is 286 g/mol. The molecule has 1 aromatic rings. The van der Waals surface area contributed by atoms with Crippen molar-refractivity contribution in [3.05, 3.63) is 16.4 Å². The third kappa shape index (κ3) is 4.36. The lowest BCUT2D eigenvalue weighted by molar-refractivity contribution is -0.387. The van der Waals surface area contributed by atoms with Gasteiger partial charge in [0.05, 0.1) is 18.5 Å².